The van der Waals surface area contributed by atoms with Crippen LogP contribution < -0.4 is 29.1 Å². The molecular formula is C38H34Br2N2O6S. The van der Waals surface area contributed by atoms with Gasteiger partial charge in [0.25, 0.3) is 5.56 Å². The molecular weight excluding hydrogens is 772 g/mol. The van der Waals surface area contributed by atoms with E-state index in [1.165, 1.54) is 11.3 Å². The molecule has 1 atom stereocenters. The zero-order chi connectivity index (χ0) is 34.8. The minimum Gasteiger partial charge on any atom is -0.493 e. The third-order valence-corrected chi connectivity index (χ3v) is 10.1. The van der Waals surface area contributed by atoms with E-state index in [1.807, 2.05) is 56.3 Å². The van der Waals surface area contributed by atoms with Gasteiger partial charge in [-0.2, -0.15) is 0 Å². The summed E-state index contributed by atoms with van der Waals surface area (Å²) >= 11 is 8.61. The number of aromatic nitrogens is 1. The lowest BCUT2D eigenvalue weighted by molar-refractivity contribution is -0.139. The Morgan fingerprint density at radius 2 is 1.76 bits per heavy atom. The van der Waals surface area contributed by atoms with E-state index in [-0.39, 0.29) is 18.3 Å². The first-order valence-corrected chi connectivity index (χ1v) is 18.1. The number of nitrogens with zero attached hydrogens (tertiary/aromatic N) is 2. The Labute approximate surface area is 304 Å². The molecule has 5 aromatic rings. The molecule has 0 saturated carbocycles. The van der Waals surface area contributed by atoms with Crippen LogP contribution in [0.3, 0.4) is 0 Å². The summed E-state index contributed by atoms with van der Waals surface area (Å²) in [5, 5.41) is 2.30. The highest BCUT2D eigenvalue weighted by molar-refractivity contribution is 9.11. The molecule has 252 valence electrons. The van der Waals surface area contributed by atoms with Crippen molar-refractivity contribution >= 4 is 66.0 Å². The van der Waals surface area contributed by atoms with E-state index in [0.29, 0.717) is 50.0 Å². The van der Waals surface area contributed by atoms with Gasteiger partial charge in [0.15, 0.2) is 16.3 Å². The number of benzene rings is 4. The van der Waals surface area contributed by atoms with Crippen LogP contribution >= 0.6 is 43.2 Å². The number of esters is 1. The molecule has 1 aliphatic rings. The Kier molecular flexibility index (Phi) is 10.4. The van der Waals surface area contributed by atoms with E-state index >= 15 is 0 Å². The average Bonchev–Trinajstić information content (AvgIpc) is 3.37. The summed E-state index contributed by atoms with van der Waals surface area (Å²) in [5.74, 6) is 1.17. The van der Waals surface area contributed by atoms with Crippen molar-refractivity contribution in [3.63, 3.8) is 0 Å². The Morgan fingerprint density at radius 3 is 2.47 bits per heavy atom. The van der Waals surface area contributed by atoms with Crippen LogP contribution in [-0.2, 0) is 16.1 Å². The lowest BCUT2D eigenvalue weighted by atomic mass is 9.95. The van der Waals surface area contributed by atoms with Gasteiger partial charge in [-0.05, 0) is 117 Å². The smallest absolute Gasteiger partial charge is 0.338 e. The summed E-state index contributed by atoms with van der Waals surface area (Å²) in [5.41, 5.74) is 3.00. The van der Waals surface area contributed by atoms with Gasteiger partial charge < -0.3 is 18.9 Å². The van der Waals surface area contributed by atoms with Crippen LogP contribution in [0.5, 0.6) is 17.2 Å². The number of ether oxygens (including phenoxy) is 4. The van der Waals surface area contributed by atoms with Gasteiger partial charge in [0.1, 0.15) is 12.4 Å². The number of thiazole rings is 1. The molecule has 1 aromatic heterocycles. The van der Waals surface area contributed by atoms with Crippen molar-refractivity contribution in [2.24, 2.45) is 4.99 Å². The zero-order valence-electron chi connectivity index (χ0n) is 27.6. The van der Waals surface area contributed by atoms with Crippen LogP contribution in [0.4, 0.5) is 0 Å². The van der Waals surface area contributed by atoms with Crippen molar-refractivity contribution in [2.75, 3.05) is 13.7 Å². The Bertz CT molecular complexity index is 2260. The first kappa shape index (κ1) is 34.7. The number of allylic oxidation sites excluding steroid dienone is 1. The van der Waals surface area contributed by atoms with Crippen LogP contribution in [0.2, 0.25) is 0 Å². The van der Waals surface area contributed by atoms with Crippen molar-refractivity contribution in [1.82, 2.24) is 4.57 Å². The topological polar surface area (TPSA) is 88.4 Å². The zero-order valence-corrected chi connectivity index (χ0v) is 31.6. The summed E-state index contributed by atoms with van der Waals surface area (Å²) < 4.78 is 26.8. The number of hydrogen-bond donors (Lipinski definition) is 0. The summed E-state index contributed by atoms with van der Waals surface area (Å²) in [6.07, 6.45) is 1.74. The molecule has 6 rings (SSSR count). The number of hydrogen-bond acceptors (Lipinski definition) is 8. The van der Waals surface area contributed by atoms with E-state index in [2.05, 4.69) is 56.1 Å². The quantitative estimate of drug-likeness (QED) is 0.134. The van der Waals surface area contributed by atoms with Crippen molar-refractivity contribution in [3.05, 3.63) is 129 Å². The van der Waals surface area contributed by atoms with Gasteiger partial charge in [0, 0.05) is 0 Å². The van der Waals surface area contributed by atoms with Crippen LogP contribution in [0.25, 0.3) is 16.8 Å². The fourth-order valence-electron chi connectivity index (χ4n) is 5.83. The van der Waals surface area contributed by atoms with Crippen LogP contribution in [0, 0.1) is 0 Å². The SMILES string of the molecule is CCOC(=O)C1=C(C)N=c2s/c(=C\c3cc(Br)c(OCc4cccc5ccccc45)c(Br)c3)c(=O)n2[C@H]1c1ccc(OC(C)C)c(OC)c1. The van der Waals surface area contributed by atoms with E-state index in [0.717, 1.165) is 30.8 Å². The van der Waals surface area contributed by atoms with Crippen molar-refractivity contribution in [1.29, 1.82) is 0 Å². The highest BCUT2D eigenvalue weighted by Crippen LogP contribution is 2.38. The second-order valence-corrected chi connectivity index (χ2v) is 14.3. The Morgan fingerprint density at radius 1 is 1.02 bits per heavy atom. The normalized spacial score (nSPS) is 14.5. The van der Waals surface area contributed by atoms with Crippen molar-refractivity contribution in [3.8, 4) is 17.2 Å². The third kappa shape index (κ3) is 7.11. The molecule has 0 bridgehead atoms. The highest BCUT2D eigenvalue weighted by Gasteiger charge is 2.34. The molecule has 2 heterocycles. The minimum absolute atomic E-state index is 0.0698. The lowest BCUT2D eigenvalue weighted by Gasteiger charge is -2.25. The van der Waals surface area contributed by atoms with E-state index in [4.69, 9.17) is 23.9 Å². The maximum Gasteiger partial charge on any atom is 0.338 e. The Hall–Kier alpha value is -4.19. The van der Waals surface area contributed by atoms with Crippen LogP contribution in [0.1, 0.15) is 50.4 Å². The van der Waals surface area contributed by atoms with Crippen LogP contribution in [-0.4, -0.2) is 30.4 Å². The molecule has 1 aliphatic heterocycles. The monoisotopic (exact) mass is 804 g/mol. The van der Waals surface area contributed by atoms with Gasteiger partial charge in [-0.15, -0.1) is 0 Å². The summed E-state index contributed by atoms with van der Waals surface area (Å²) in [6.45, 7) is 7.93. The van der Waals surface area contributed by atoms with E-state index < -0.39 is 12.0 Å². The number of methoxy groups -OCH3 is 1. The maximum atomic E-state index is 14.2. The average molecular weight is 807 g/mol. The first-order chi connectivity index (χ1) is 23.6. The van der Waals surface area contributed by atoms with E-state index in [9.17, 15) is 9.59 Å². The van der Waals surface area contributed by atoms with Gasteiger partial charge in [-0.3, -0.25) is 9.36 Å². The molecule has 0 radical (unpaired) electrons. The number of carbonyl (C=O) groups is 1. The Balaban J connectivity index is 1.39. The van der Waals surface area contributed by atoms with Crippen LogP contribution in [0.15, 0.2) is 103 Å². The predicted molar refractivity (Wildman–Crippen MR) is 199 cm³/mol. The lowest BCUT2D eigenvalue weighted by Crippen LogP contribution is -2.40. The molecule has 0 N–H and O–H groups in total. The molecule has 0 saturated heterocycles. The van der Waals surface area contributed by atoms with Gasteiger partial charge in [0.05, 0.1) is 50.6 Å². The molecule has 49 heavy (non-hydrogen) atoms. The molecule has 0 fully saturated rings. The number of fused-ring (bicyclic) bond motifs is 2. The molecule has 0 spiro atoms. The standard InChI is InChI=1S/C38H34Br2N2O6S/c1-6-46-37(44)33-22(4)41-38-42(34(33)25-14-15-30(48-21(2)3)31(19-25)45-5)36(43)32(49-38)18-23-16-28(39)35(29(40)17-23)47-20-26-12-9-11-24-10-7-8-13-27(24)26/h7-19,21,34H,6,20H2,1-5H3/b32-18-/t34-/m0/s1. The molecule has 0 unspecified atom stereocenters. The maximum absolute atomic E-state index is 14.2. The summed E-state index contributed by atoms with van der Waals surface area (Å²) in [4.78, 5) is 32.7. The van der Waals surface area contributed by atoms with Gasteiger partial charge >= 0.3 is 5.97 Å². The summed E-state index contributed by atoms with van der Waals surface area (Å²) in [6, 6.07) is 22.8. The fraction of sp³-hybridized carbons (Fsp3) is 0.237. The van der Waals surface area contributed by atoms with E-state index in [1.54, 1.807) is 37.7 Å². The number of halogens is 2. The minimum atomic E-state index is -0.789. The molecule has 0 aliphatic carbocycles. The van der Waals surface area contributed by atoms with Gasteiger partial charge in [0.2, 0.25) is 0 Å². The van der Waals surface area contributed by atoms with Crippen molar-refractivity contribution in [2.45, 2.75) is 46.4 Å². The molecule has 11 heteroatoms. The highest BCUT2D eigenvalue weighted by atomic mass is 79.9. The predicted octanol–water partition coefficient (Wildman–Crippen LogP) is 7.85. The fourth-order valence-corrected chi connectivity index (χ4v) is 8.33. The number of carbonyl (C=O) groups excluding carboxylic acids is 1. The first-order valence-electron chi connectivity index (χ1n) is 15.7. The molecule has 8 nitrogen and oxygen atoms in total. The second kappa shape index (κ2) is 14.7. The summed E-state index contributed by atoms with van der Waals surface area (Å²) in [7, 11) is 1.56. The van der Waals surface area contributed by atoms with Gasteiger partial charge in [-0.1, -0.05) is 59.9 Å². The molecule has 0 amide bonds. The molecule has 4 aromatic carbocycles. The largest absolute Gasteiger partial charge is 0.493 e. The second-order valence-electron chi connectivity index (χ2n) is 11.6. The van der Waals surface area contributed by atoms with Crippen molar-refractivity contribution < 1.29 is 23.7 Å². The number of rotatable bonds is 10. The third-order valence-electron chi connectivity index (χ3n) is 7.95. The van der Waals surface area contributed by atoms with Gasteiger partial charge in [-0.25, -0.2) is 9.79 Å².